The molecule has 2 N–H and O–H groups in total. The van der Waals surface area contributed by atoms with Gasteiger partial charge in [0.15, 0.2) is 0 Å². The number of carbonyl (C=O) groups is 2. The van der Waals surface area contributed by atoms with E-state index in [1.807, 2.05) is 0 Å². The van der Waals surface area contributed by atoms with Gasteiger partial charge in [0, 0.05) is 25.6 Å². The summed E-state index contributed by atoms with van der Waals surface area (Å²) in [6, 6.07) is -0.0691. The van der Waals surface area contributed by atoms with Crippen LogP contribution in [-0.4, -0.2) is 43.0 Å². The Morgan fingerprint density at radius 3 is 2.75 bits per heavy atom. The van der Waals surface area contributed by atoms with Crippen LogP contribution in [0.4, 0.5) is 8.78 Å². The SMILES string of the molecule is O=C1CC(NCC2CC(F)(F)C(=O)O2)CN1. The molecule has 0 aromatic heterocycles. The molecule has 1 amide bonds. The highest BCUT2D eigenvalue weighted by Gasteiger charge is 2.50. The Hall–Kier alpha value is -1.24. The molecule has 16 heavy (non-hydrogen) atoms. The molecule has 2 unspecified atom stereocenters. The number of esters is 1. The van der Waals surface area contributed by atoms with Gasteiger partial charge >= 0.3 is 11.9 Å². The normalized spacial score (nSPS) is 32.6. The van der Waals surface area contributed by atoms with Gasteiger partial charge in [-0.1, -0.05) is 0 Å². The highest BCUT2D eigenvalue weighted by molar-refractivity contribution is 5.80. The Morgan fingerprint density at radius 1 is 1.50 bits per heavy atom. The van der Waals surface area contributed by atoms with E-state index in [4.69, 9.17) is 0 Å². The van der Waals surface area contributed by atoms with Gasteiger partial charge in [0.2, 0.25) is 5.91 Å². The Morgan fingerprint density at radius 2 is 2.25 bits per heavy atom. The first-order chi connectivity index (χ1) is 7.47. The topological polar surface area (TPSA) is 67.4 Å². The van der Waals surface area contributed by atoms with E-state index in [1.54, 1.807) is 0 Å². The third kappa shape index (κ3) is 2.29. The van der Waals surface area contributed by atoms with Crippen LogP contribution in [0.3, 0.4) is 0 Å². The number of carbonyl (C=O) groups excluding carboxylic acids is 2. The predicted octanol–water partition coefficient (Wildman–Crippen LogP) is -0.585. The lowest BCUT2D eigenvalue weighted by molar-refractivity contribution is -0.159. The highest BCUT2D eigenvalue weighted by atomic mass is 19.3. The van der Waals surface area contributed by atoms with Crippen LogP contribution in [-0.2, 0) is 14.3 Å². The van der Waals surface area contributed by atoms with E-state index >= 15 is 0 Å². The van der Waals surface area contributed by atoms with Crippen LogP contribution in [0.25, 0.3) is 0 Å². The van der Waals surface area contributed by atoms with Crippen LogP contribution in [0.1, 0.15) is 12.8 Å². The van der Waals surface area contributed by atoms with Crippen molar-refractivity contribution in [3.8, 4) is 0 Å². The predicted molar refractivity (Wildman–Crippen MR) is 48.9 cm³/mol. The molecule has 0 aromatic carbocycles. The number of hydrogen-bond donors (Lipinski definition) is 2. The number of alkyl halides is 2. The standard InChI is InChI=1S/C9H12F2N2O3/c10-9(11)2-6(16-8(9)15)4-12-5-1-7(14)13-3-5/h5-6,12H,1-4H2,(H,13,14). The fourth-order valence-corrected chi connectivity index (χ4v) is 1.81. The van der Waals surface area contributed by atoms with E-state index in [2.05, 4.69) is 15.4 Å². The average Bonchev–Trinajstić information content (AvgIpc) is 2.69. The van der Waals surface area contributed by atoms with Gasteiger partial charge in [0.1, 0.15) is 6.10 Å². The van der Waals surface area contributed by atoms with Crippen molar-refractivity contribution in [3.63, 3.8) is 0 Å². The van der Waals surface area contributed by atoms with Crippen molar-refractivity contribution in [2.75, 3.05) is 13.1 Å². The van der Waals surface area contributed by atoms with Crippen molar-refractivity contribution in [2.45, 2.75) is 30.9 Å². The van der Waals surface area contributed by atoms with E-state index in [0.29, 0.717) is 13.0 Å². The average molecular weight is 234 g/mol. The van der Waals surface area contributed by atoms with Gasteiger partial charge in [-0.2, -0.15) is 8.78 Å². The summed E-state index contributed by atoms with van der Waals surface area (Å²) in [6.07, 6.45) is -1.07. The summed E-state index contributed by atoms with van der Waals surface area (Å²) in [5.74, 6) is -4.89. The minimum atomic E-state index is -3.36. The largest absolute Gasteiger partial charge is 0.456 e. The number of hydrogen-bond acceptors (Lipinski definition) is 4. The van der Waals surface area contributed by atoms with Crippen molar-refractivity contribution in [2.24, 2.45) is 0 Å². The molecule has 0 bridgehead atoms. The molecule has 0 spiro atoms. The molecule has 2 heterocycles. The molecule has 5 nitrogen and oxygen atoms in total. The van der Waals surface area contributed by atoms with Gasteiger partial charge in [-0.3, -0.25) is 4.79 Å². The van der Waals surface area contributed by atoms with Crippen LogP contribution in [0.2, 0.25) is 0 Å². The minimum absolute atomic E-state index is 0.0637. The van der Waals surface area contributed by atoms with E-state index in [1.165, 1.54) is 0 Å². The third-order valence-corrected chi connectivity index (χ3v) is 2.67. The van der Waals surface area contributed by atoms with Gasteiger partial charge in [-0.15, -0.1) is 0 Å². The lowest BCUT2D eigenvalue weighted by atomic mass is 10.2. The summed E-state index contributed by atoms with van der Waals surface area (Å²) in [7, 11) is 0. The molecule has 2 aliphatic rings. The zero-order chi connectivity index (χ0) is 11.8. The Kier molecular flexibility index (Phi) is 2.79. The maximum Gasteiger partial charge on any atom is 0.377 e. The maximum atomic E-state index is 12.8. The molecule has 2 aliphatic heterocycles. The van der Waals surface area contributed by atoms with Crippen LogP contribution in [0.15, 0.2) is 0 Å². The van der Waals surface area contributed by atoms with Crippen molar-refractivity contribution < 1.29 is 23.1 Å². The molecular weight excluding hydrogens is 222 g/mol. The Bertz CT molecular complexity index is 322. The summed E-state index contributed by atoms with van der Waals surface area (Å²) in [5, 5.41) is 5.53. The smallest absolute Gasteiger partial charge is 0.377 e. The molecule has 2 atom stereocenters. The summed E-state index contributed by atoms with van der Waals surface area (Å²) in [5.41, 5.74) is 0. The monoisotopic (exact) mass is 234 g/mol. The molecule has 90 valence electrons. The van der Waals surface area contributed by atoms with E-state index in [-0.39, 0.29) is 18.5 Å². The number of nitrogens with one attached hydrogen (secondary N) is 2. The quantitative estimate of drug-likeness (QED) is 0.641. The van der Waals surface area contributed by atoms with Crippen LogP contribution < -0.4 is 10.6 Å². The fraction of sp³-hybridized carbons (Fsp3) is 0.778. The number of cyclic esters (lactones) is 1. The van der Waals surface area contributed by atoms with E-state index in [0.717, 1.165) is 0 Å². The molecular formula is C9H12F2N2O3. The zero-order valence-corrected chi connectivity index (χ0v) is 8.46. The van der Waals surface area contributed by atoms with Crippen molar-refractivity contribution in [3.05, 3.63) is 0 Å². The lowest BCUT2D eigenvalue weighted by Gasteiger charge is -2.13. The second kappa shape index (κ2) is 3.97. The first-order valence-corrected chi connectivity index (χ1v) is 5.06. The Labute approximate surface area is 90.5 Å². The van der Waals surface area contributed by atoms with Gasteiger partial charge in [-0.05, 0) is 0 Å². The molecule has 0 radical (unpaired) electrons. The summed E-state index contributed by atoms with van der Waals surface area (Å²) < 4.78 is 30.1. The van der Waals surface area contributed by atoms with Crippen LogP contribution in [0, 0.1) is 0 Å². The van der Waals surface area contributed by atoms with Crippen LogP contribution >= 0.6 is 0 Å². The third-order valence-electron chi connectivity index (χ3n) is 2.67. The van der Waals surface area contributed by atoms with Gasteiger partial charge in [0.05, 0.1) is 6.42 Å². The molecule has 7 heteroatoms. The minimum Gasteiger partial charge on any atom is -0.456 e. The molecule has 2 fully saturated rings. The van der Waals surface area contributed by atoms with Crippen molar-refractivity contribution in [1.82, 2.24) is 10.6 Å². The number of ether oxygens (including phenoxy) is 1. The van der Waals surface area contributed by atoms with E-state index < -0.39 is 24.4 Å². The second-order valence-corrected chi connectivity index (χ2v) is 4.05. The maximum absolute atomic E-state index is 12.8. The number of amides is 1. The van der Waals surface area contributed by atoms with Gasteiger partial charge in [-0.25, -0.2) is 4.79 Å². The number of halogens is 2. The summed E-state index contributed by atoms with van der Waals surface area (Å²) in [4.78, 5) is 21.5. The Balaban J connectivity index is 1.76. The molecule has 0 saturated carbocycles. The first kappa shape index (κ1) is 11.3. The number of rotatable bonds is 3. The summed E-state index contributed by atoms with van der Waals surface area (Å²) >= 11 is 0. The molecule has 2 rings (SSSR count). The molecule has 0 aromatic rings. The zero-order valence-electron chi connectivity index (χ0n) is 8.46. The van der Waals surface area contributed by atoms with Crippen molar-refractivity contribution >= 4 is 11.9 Å². The van der Waals surface area contributed by atoms with Crippen LogP contribution in [0.5, 0.6) is 0 Å². The van der Waals surface area contributed by atoms with Gasteiger partial charge < -0.3 is 15.4 Å². The molecule has 0 aliphatic carbocycles. The van der Waals surface area contributed by atoms with E-state index in [9.17, 15) is 18.4 Å². The van der Waals surface area contributed by atoms with Gasteiger partial charge in [0.25, 0.3) is 0 Å². The lowest BCUT2D eigenvalue weighted by Crippen LogP contribution is -2.37. The second-order valence-electron chi connectivity index (χ2n) is 4.05. The summed E-state index contributed by atoms with van der Waals surface area (Å²) in [6.45, 7) is 0.636. The highest BCUT2D eigenvalue weighted by Crippen LogP contribution is 2.30. The fourth-order valence-electron chi connectivity index (χ4n) is 1.81. The van der Waals surface area contributed by atoms with Crippen molar-refractivity contribution in [1.29, 1.82) is 0 Å². The molecule has 2 saturated heterocycles. The first-order valence-electron chi connectivity index (χ1n) is 5.06.